The summed E-state index contributed by atoms with van der Waals surface area (Å²) in [4.78, 5) is 41.1. The van der Waals surface area contributed by atoms with Gasteiger partial charge in [0, 0.05) is 13.2 Å². The van der Waals surface area contributed by atoms with Crippen molar-refractivity contribution >= 4 is 35.1 Å². The number of nitrogens with zero attached hydrogens (tertiary/aromatic N) is 2. The van der Waals surface area contributed by atoms with Gasteiger partial charge in [-0.1, -0.05) is 11.6 Å². The topological polar surface area (TPSA) is 91.4 Å². The van der Waals surface area contributed by atoms with Crippen molar-refractivity contribution in [3.63, 3.8) is 0 Å². The largest absolute Gasteiger partial charge is 0.372 e. The van der Waals surface area contributed by atoms with Crippen LogP contribution in [0.1, 0.15) is 24.2 Å². The Labute approximate surface area is 126 Å². The number of halogens is 1. The zero-order valence-corrected chi connectivity index (χ0v) is 12.6. The Hall–Kier alpha value is -2.15. The number of pyridine rings is 1. The van der Waals surface area contributed by atoms with Crippen LogP contribution in [-0.2, 0) is 9.59 Å². The molecule has 0 aromatic carbocycles. The van der Waals surface area contributed by atoms with Crippen LogP contribution in [-0.4, -0.2) is 46.7 Å². The third-order valence-electron chi connectivity index (χ3n) is 3.36. The SMILES string of the molecule is CNc1ncc(C(=O)N2CC(=O)NC(=O)C2(C)C)cc1Cl. The molecule has 21 heavy (non-hydrogen) atoms. The Morgan fingerprint density at radius 3 is 2.71 bits per heavy atom. The van der Waals surface area contributed by atoms with Gasteiger partial charge in [-0.25, -0.2) is 4.98 Å². The Kier molecular flexibility index (Phi) is 3.87. The summed E-state index contributed by atoms with van der Waals surface area (Å²) in [6.45, 7) is 2.95. The van der Waals surface area contributed by atoms with Gasteiger partial charge in [-0.3, -0.25) is 19.7 Å². The Morgan fingerprint density at radius 2 is 2.14 bits per heavy atom. The third-order valence-corrected chi connectivity index (χ3v) is 3.64. The van der Waals surface area contributed by atoms with Gasteiger partial charge in [0.25, 0.3) is 11.8 Å². The van der Waals surface area contributed by atoms with E-state index in [-0.39, 0.29) is 17.1 Å². The molecule has 0 saturated carbocycles. The van der Waals surface area contributed by atoms with Gasteiger partial charge in [0.15, 0.2) is 0 Å². The van der Waals surface area contributed by atoms with Crippen LogP contribution in [0, 0.1) is 0 Å². The molecule has 8 heteroatoms. The second-order valence-electron chi connectivity index (χ2n) is 5.13. The molecule has 2 heterocycles. The second kappa shape index (κ2) is 5.33. The quantitative estimate of drug-likeness (QED) is 0.783. The van der Waals surface area contributed by atoms with E-state index in [1.54, 1.807) is 20.9 Å². The first kappa shape index (κ1) is 15.2. The summed E-state index contributed by atoms with van der Waals surface area (Å²) in [6.07, 6.45) is 1.35. The van der Waals surface area contributed by atoms with Crippen molar-refractivity contribution in [2.24, 2.45) is 0 Å². The highest BCUT2D eigenvalue weighted by atomic mass is 35.5. The Bertz CT molecular complexity index is 630. The number of amides is 3. The van der Waals surface area contributed by atoms with E-state index < -0.39 is 23.3 Å². The highest BCUT2D eigenvalue weighted by Gasteiger charge is 2.43. The van der Waals surface area contributed by atoms with E-state index in [0.717, 1.165) is 0 Å². The number of rotatable bonds is 2. The molecule has 2 rings (SSSR count). The van der Waals surface area contributed by atoms with E-state index in [9.17, 15) is 14.4 Å². The van der Waals surface area contributed by atoms with Crippen molar-refractivity contribution in [3.05, 3.63) is 22.8 Å². The van der Waals surface area contributed by atoms with E-state index >= 15 is 0 Å². The molecule has 0 unspecified atom stereocenters. The number of imide groups is 1. The van der Waals surface area contributed by atoms with Crippen molar-refractivity contribution in [3.8, 4) is 0 Å². The summed E-state index contributed by atoms with van der Waals surface area (Å²) in [5.74, 6) is -1.06. The first-order valence-corrected chi connectivity index (χ1v) is 6.64. The lowest BCUT2D eigenvalue weighted by molar-refractivity contribution is -0.143. The predicted molar refractivity (Wildman–Crippen MR) is 77.1 cm³/mol. The number of carbonyl (C=O) groups excluding carboxylic acids is 3. The second-order valence-corrected chi connectivity index (χ2v) is 5.54. The number of carbonyl (C=O) groups is 3. The molecule has 1 aliphatic heterocycles. The van der Waals surface area contributed by atoms with E-state index in [1.165, 1.54) is 17.2 Å². The maximum Gasteiger partial charge on any atom is 0.256 e. The number of piperazine rings is 1. The summed E-state index contributed by atoms with van der Waals surface area (Å²) in [6, 6.07) is 1.45. The minimum atomic E-state index is -1.13. The number of aromatic nitrogens is 1. The van der Waals surface area contributed by atoms with Crippen molar-refractivity contribution in [1.29, 1.82) is 0 Å². The van der Waals surface area contributed by atoms with Gasteiger partial charge in [0.1, 0.15) is 17.9 Å². The molecule has 0 aliphatic carbocycles. The maximum atomic E-state index is 12.5. The van der Waals surface area contributed by atoms with Crippen molar-refractivity contribution in [2.45, 2.75) is 19.4 Å². The van der Waals surface area contributed by atoms with Crippen LogP contribution >= 0.6 is 11.6 Å². The fraction of sp³-hybridized carbons (Fsp3) is 0.385. The average molecular weight is 311 g/mol. The fourth-order valence-corrected chi connectivity index (χ4v) is 2.26. The van der Waals surface area contributed by atoms with E-state index in [2.05, 4.69) is 15.6 Å². The van der Waals surface area contributed by atoms with Gasteiger partial charge in [-0.2, -0.15) is 0 Å². The van der Waals surface area contributed by atoms with Crippen molar-refractivity contribution in [2.75, 3.05) is 18.9 Å². The first-order chi connectivity index (χ1) is 9.77. The van der Waals surface area contributed by atoms with Crippen molar-refractivity contribution < 1.29 is 14.4 Å². The van der Waals surface area contributed by atoms with Crippen LogP contribution in [0.25, 0.3) is 0 Å². The molecule has 0 radical (unpaired) electrons. The zero-order valence-electron chi connectivity index (χ0n) is 11.9. The Balaban J connectivity index is 2.36. The van der Waals surface area contributed by atoms with Gasteiger partial charge < -0.3 is 10.2 Å². The molecule has 1 aromatic heterocycles. The summed E-state index contributed by atoms with van der Waals surface area (Å²) in [7, 11) is 1.66. The van der Waals surface area contributed by atoms with E-state index in [0.29, 0.717) is 5.82 Å². The fourth-order valence-electron chi connectivity index (χ4n) is 2.00. The molecule has 0 bridgehead atoms. The summed E-state index contributed by atoms with van der Waals surface area (Å²) in [5.41, 5.74) is -0.909. The molecule has 3 amide bonds. The van der Waals surface area contributed by atoms with E-state index in [4.69, 9.17) is 11.6 Å². The highest BCUT2D eigenvalue weighted by Crippen LogP contribution is 2.24. The minimum absolute atomic E-state index is 0.191. The van der Waals surface area contributed by atoms with Crippen LogP contribution in [0.2, 0.25) is 5.02 Å². The molecule has 7 nitrogen and oxygen atoms in total. The third kappa shape index (κ3) is 2.69. The van der Waals surface area contributed by atoms with Crippen molar-refractivity contribution in [1.82, 2.24) is 15.2 Å². The lowest BCUT2D eigenvalue weighted by Gasteiger charge is -2.40. The molecule has 1 fully saturated rings. The Morgan fingerprint density at radius 1 is 1.48 bits per heavy atom. The van der Waals surface area contributed by atoms with Crippen LogP contribution < -0.4 is 10.6 Å². The summed E-state index contributed by atoms with van der Waals surface area (Å²) < 4.78 is 0. The smallest absolute Gasteiger partial charge is 0.256 e. The lowest BCUT2D eigenvalue weighted by Crippen LogP contribution is -2.65. The first-order valence-electron chi connectivity index (χ1n) is 6.27. The average Bonchev–Trinajstić information content (AvgIpc) is 2.42. The molecule has 0 spiro atoms. The van der Waals surface area contributed by atoms with Crippen LogP contribution in [0.3, 0.4) is 0 Å². The molecule has 0 atom stereocenters. The lowest BCUT2D eigenvalue weighted by atomic mass is 9.97. The molecular weight excluding hydrogens is 296 g/mol. The molecule has 1 aromatic rings. The number of nitrogens with one attached hydrogen (secondary N) is 2. The number of hydrogen-bond acceptors (Lipinski definition) is 5. The van der Waals surface area contributed by atoms with Gasteiger partial charge in [0.2, 0.25) is 5.91 Å². The predicted octanol–water partition coefficient (Wildman–Crippen LogP) is 0.654. The molecule has 112 valence electrons. The number of anilines is 1. The maximum absolute atomic E-state index is 12.5. The summed E-state index contributed by atoms with van der Waals surface area (Å²) in [5, 5.41) is 5.28. The van der Waals surface area contributed by atoms with E-state index in [1.807, 2.05) is 0 Å². The van der Waals surface area contributed by atoms with Gasteiger partial charge in [-0.05, 0) is 19.9 Å². The minimum Gasteiger partial charge on any atom is -0.372 e. The molecule has 2 N–H and O–H groups in total. The highest BCUT2D eigenvalue weighted by molar-refractivity contribution is 6.33. The normalized spacial score (nSPS) is 17.4. The number of hydrogen-bond donors (Lipinski definition) is 2. The molecular formula is C13H15ClN4O3. The van der Waals surface area contributed by atoms with Crippen LogP contribution in [0.4, 0.5) is 5.82 Å². The molecule has 1 aliphatic rings. The molecule has 1 saturated heterocycles. The van der Waals surface area contributed by atoms with Gasteiger partial charge in [0.05, 0.1) is 10.6 Å². The standard InChI is InChI=1S/C13H15ClN4O3/c1-13(2)12(21)17-9(19)6-18(13)11(20)7-4-8(14)10(15-3)16-5-7/h4-5H,6H2,1-3H3,(H,15,16)(H,17,19,21). The van der Waals surface area contributed by atoms with Gasteiger partial charge >= 0.3 is 0 Å². The van der Waals surface area contributed by atoms with Crippen LogP contribution in [0.5, 0.6) is 0 Å². The van der Waals surface area contributed by atoms with Crippen LogP contribution in [0.15, 0.2) is 12.3 Å². The van der Waals surface area contributed by atoms with Gasteiger partial charge in [-0.15, -0.1) is 0 Å². The zero-order chi connectivity index (χ0) is 15.8. The summed E-state index contributed by atoms with van der Waals surface area (Å²) >= 11 is 6.00. The monoisotopic (exact) mass is 310 g/mol.